The van der Waals surface area contributed by atoms with Gasteiger partial charge in [-0.2, -0.15) is 0 Å². The van der Waals surface area contributed by atoms with Crippen molar-refractivity contribution in [2.24, 2.45) is 0 Å². The molecule has 1 aliphatic heterocycles. The number of hydrogen-bond acceptors (Lipinski definition) is 3. The lowest BCUT2D eigenvalue weighted by Crippen LogP contribution is -2.19. The molecule has 5 nitrogen and oxygen atoms in total. The van der Waals surface area contributed by atoms with Gasteiger partial charge in [-0.1, -0.05) is 17.7 Å². The van der Waals surface area contributed by atoms with Gasteiger partial charge in [0.1, 0.15) is 5.82 Å². The molecule has 2 N–H and O–H groups in total. The van der Waals surface area contributed by atoms with Crippen LogP contribution in [0, 0.1) is 5.82 Å². The molecular formula is C16H10ClFN2O3. The van der Waals surface area contributed by atoms with E-state index in [1.54, 1.807) is 0 Å². The number of imide groups is 1. The Hall–Kier alpha value is -2.73. The summed E-state index contributed by atoms with van der Waals surface area (Å²) in [5, 5.41) is 4.88. The number of fused-ring (bicyclic) bond motifs is 1. The Morgan fingerprint density at radius 2 is 1.87 bits per heavy atom. The monoisotopic (exact) mass is 332 g/mol. The molecular weight excluding hydrogens is 323 g/mol. The molecule has 23 heavy (non-hydrogen) atoms. The van der Waals surface area contributed by atoms with Gasteiger partial charge >= 0.3 is 0 Å². The Morgan fingerprint density at radius 1 is 1.13 bits per heavy atom. The topological polar surface area (TPSA) is 75.3 Å². The van der Waals surface area contributed by atoms with E-state index in [4.69, 9.17) is 11.6 Å². The van der Waals surface area contributed by atoms with Crippen LogP contribution in [0.1, 0.15) is 26.3 Å². The number of anilines is 1. The zero-order valence-corrected chi connectivity index (χ0v) is 12.4. The predicted molar refractivity (Wildman–Crippen MR) is 82.0 cm³/mol. The maximum Gasteiger partial charge on any atom is 0.259 e. The third-order valence-corrected chi connectivity index (χ3v) is 3.77. The van der Waals surface area contributed by atoms with E-state index in [1.807, 2.05) is 0 Å². The van der Waals surface area contributed by atoms with Crippen LogP contribution in [0.3, 0.4) is 0 Å². The van der Waals surface area contributed by atoms with Crippen LogP contribution in [0.2, 0.25) is 5.02 Å². The maximum atomic E-state index is 13.7. The molecule has 116 valence electrons. The van der Waals surface area contributed by atoms with E-state index < -0.39 is 23.5 Å². The summed E-state index contributed by atoms with van der Waals surface area (Å²) in [4.78, 5) is 35.1. The highest BCUT2D eigenvalue weighted by Gasteiger charge is 2.26. The van der Waals surface area contributed by atoms with Gasteiger partial charge in [0, 0.05) is 16.3 Å². The molecule has 3 amide bonds. The van der Waals surface area contributed by atoms with Crippen LogP contribution in [-0.2, 0) is 11.2 Å². The van der Waals surface area contributed by atoms with E-state index >= 15 is 0 Å². The van der Waals surface area contributed by atoms with Gasteiger partial charge in [-0.15, -0.1) is 0 Å². The lowest BCUT2D eigenvalue weighted by atomic mass is 10.1. The number of hydrogen-bond donors (Lipinski definition) is 2. The number of nitrogens with one attached hydrogen (secondary N) is 2. The Bertz CT molecular complexity index is 831. The highest BCUT2D eigenvalue weighted by molar-refractivity contribution is 6.31. The van der Waals surface area contributed by atoms with Gasteiger partial charge in [-0.25, -0.2) is 4.39 Å². The molecule has 0 spiro atoms. The van der Waals surface area contributed by atoms with Crippen LogP contribution in [-0.4, -0.2) is 17.7 Å². The van der Waals surface area contributed by atoms with Crippen LogP contribution in [0.15, 0.2) is 36.4 Å². The normalized spacial score (nSPS) is 12.8. The smallest absolute Gasteiger partial charge is 0.259 e. The molecule has 0 atom stereocenters. The second-order valence-electron chi connectivity index (χ2n) is 4.97. The van der Waals surface area contributed by atoms with Crippen molar-refractivity contribution >= 4 is 35.0 Å². The van der Waals surface area contributed by atoms with Crippen molar-refractivity contribution in [3.63, 3.8) is 0 Å². The summed E-state index contributed by atoms with van der Waals surface area (Å²) in [6.45, 7) is 0. The van der Waals surface area contributed by atoms with E-state index in [9.17, 15) is 18.8 Å². The largest absolute Gasteiger partial charge is 0.326 e. The Morgan fingerprint density at radius 3 is 2.61 bits per heavy atom. The molecule has 0 radical (unpaired) electrons. The van der Waals surface area contributed by atoms with Gasteiger partial charge in [0.25, 0.3) is 11.8 Å². The first-order chi connectivity index (χ1) is 11.0. The minimum atomic E-state index is -0.563. The Labute approximate surface area is 135 Å². The average Bonchev–Trinajstić information content (AvgIpc) is 2.78. The zero-order valence-electron chi connectivity index (χ0n) is 11.7. The van der Waals surface area contributed by atoms with Crippen molar-refractivity contribution in [1.29, 1.82) is 0 Å². The SMILES string of the molecule is O=C(Cc1c(F)cccc1Cl)Nc1ccc2c(c1)C(=O)NC2=O. The molecule has 0 bridgehead atoms. The van der Waals surface area contributed by atoms with Crippen molar-refractivity contribution in [1.82, 2.24) is 5.32 Å². The number of benzene rings is 2. The molecule has 0 aliphatic carbocycles. The van der Waals surface area contributed by atoms with E-state index in [1.165, 1.54) is 36.4 Å². The van der Waals surface area contributed by atoms with Crippen LogP contribution in [0.4, 0.5) is 10.1 Å². The Balaban J connectivity index is 1.78. The number of carbonyl (C=O) groups is 3. The molecule has 7 heteroatoms. The van der Waals surface area contributed by atoms with Crippen LogP contribution in [0.5, 0.6) is 0 Å². The van der Waals surface area contributed by atoms with Gasteiger partial charge in [0.2, 0.25) is 5.91 Å². The number of carbonyl (C=O) groups excluding carboxylic acids is 3. The quantitative estimate of drug-likeness (QED) is 0.848. The predicted octanol–water partition coefficient (Wildman–Crippen LogP) is 2.54. The fourth-order valence-corrected chi connectivity index (χ4v) is 2.54. The molecule has 3 rings (SSSR count). The first-order valence-corrected chi connectivity index (χ1v) is 7.06. The van der Waals surface area contributed by atoms with Gasteiger partial charge < -0.3 is 5.32 Å². The molecule has 0 fully saturated rings. The third kappa shape index (κ3) is 2.93. The van der Waals surface area contributed by atoms with Crippen LogP contribution in [0.25, 0.3) is 0 Å². The van der Waals surface area contributed by atoms with E-state index in [0.717, 1.165) is 0 Å². The molecule has 0 saturated carbocycles. The lowest BCUT2D eigenvalue weighted by molar-refractivity contribution is -0.115. The van der Waals surface area contributed by atoms with Crippen molar-refractivity contribution in [3.05, 3.63) is 63.9 Å². The van der Waals surface area contributed by atoms with E-state index in [-0.39, 0.29) is 28.1 Å². The van der Waals surface area contributed by atoms with Gasteiger partial charge in [0.15, 0.2) is 0 Å². The number of halogens is 2. The van der Waals surface area contributed by atoms with Crippen LogP contribution >= 0.6 is 11.6 Å². The molecule has 0 unspecified atom stereocenters. The molecule has 2 aromatic rings. The molecule has 1 heterocycles. The Kier molecular flexibility index (Phi) is 3.83. The average molecular weight is 333 g/mol. The standard InChI is InChI=1S/C16H10ClFN2O3/c17-12-2-1-3-13(18)11(12)7-14(21)19-8-4-5-9-10(6-8)16(23)20-15(9)22/h1-6H,7H2,(H,19,21)(H,20,22,23). The lowest BCUT2D eigenvalue weighted by Gasteiger charge is -2.08. The fourth-order valence-electron chi connectivity index (χ4n) is 2.31. The minimum Gasteiger partial charge on any atom is -0.326 e. The summed E-state index contributed by atoms with van der Waals surface area (Å²) < 4.78 is 13.7. The first kappa shape index (κ1) is 15.2. The number of rotatable bonds is 3. The summed E-state index contributed by atoms with van der Waals surface area (Å²) in [7, 11) is 0. The number of amides is 3. The van der Waals surface area contributed by atoms with Crippen LogP contribution < -0.4 is 10.6 Å². The second kappa shape index (κ2) is 5.81. The molecule has 0 saturated heterocycles. The summed E-state index contributed by atoms with van der Waals surface area (Å²) in [5.41, 5.74) is 0.883. The summed E-state index contributed by atoms with van der Waals surface area (Å²) >= 11 is 5.88. The van der Waals surface area contributed by atoms with E-state index in [0.29, 0.717) is 5.69 Å². The van der Waals surface area contributed by atoms with Crippen molar-refractivity contribution in [3.8, 4) is 0 Å². The van der Waals surface area contributed by atoms with Gasteiger partial charge in [-0.05, 0) is 30.3 Å². The zero-order chi connectivity index (χ0) is 16.6. The van der Waals surface area contributed by atoms with Gasteiger partial charge in [-0.3, -0.25) is 19.7 Å². The fraction of sp³-hybridized carbons (Fsp3) is 0.0625. The second-order valence-corrected chi connectivity index (χ2v) is 5.38. The first-order valence-electron chi connectivity index (χ1n) is 6.68. The van der Waals surface area contributed by atoms with Gasteiger partial charge in [0.05, 0.1) is 17.5 Å². The van der Waals surface area contributed by atoms with E-state index in [2.05, 4.69) is 10.6 Å². The summed E-state index contributed by atoms with van der Waals surface area (Å²) in [5.74, 6) is -2.03. The minimum absolute atomic E-state index is 0.0979. The van der Waals surface area contributed by atoms with Crippen molar-refractivity contribution in [2.75, 3.05) is 5.32 Å². The van der Waals surface area contributed by atoms with Crippen molar-refractivity contribution in [2.45, 2.75) is 6.42 Å². The highest BCUT2D eigenvalue weighted by Crippen LogP contribution is 2.22. The molecule has 1 aliphatic rings. The summed E-state index contributed by atoms with van der Waals surface area (Å²) in [6.07, 6.45) is -0.242. The van der Waals surface area contributed by atoms with Crippen molar-refractivity contribution < 1.29 is 18.8 Å². The molecule has 0 aromatic heterocycles. The molecule has 2 aromatic carbocycles. The summed E-state index contributed by atoms with van der Waals surface area (Å²) in [6, 6.07) is 8.52. The third-order valence-electron chi connectivity index (χ3n) is 3.42. The highest BCUT2D eigenvalue weighted by atomic mass is 35.5. The maximum absolute atomic E-state index is 13.7.